The minimum Gasteiger partial charge on any atom is -0.497 e. The molecule has 0 N–H and O–H groups in total. The molecule has 0 aromatic heterocycles. The molecule has 0 radical (unpaired) electrons. The molecule has 2 atom stereocenters. The van der Waals surface area contributed by atoms with Gasteiger partial charge in [0.25, 0.3) is 0 Å². The van der Waals surface area contributed by atoms with Gasteiger partial charge in [0.15, 0.2) is 6.23 Å². The first-order valence-corrected chi connectivity index (χ1v) is 5.85. The van der Waals surface area contributed by atoms with Gasteiger partial charge >= 0.3 is 5.97 Å². The fourth-order valence-corrected chi connectivity index (χ4v) is 2.02. The lowest BCUT2D eigenvalue weighted by Crippen LogP contribution is -2.62. The van der Waals surface area contributed by atoms with Gasteiger partial charge in [-0.1, -0.05) is 6.08 Å². The van der Waals surface area contributed by atoms with E-state index in [0.29, 0.717) is 11.4 Å². The van der Waals surface area contributed by atoms with Crippen LogP contribution in [0.1, 0.15) is 6.92 Å². The number of hydrogen-bond acceptors (Lipinski definition) is 4. The topological polar surface area (TPSA) is 55.8 Å². The quantitative estimate of drug-likeness (QED) is 0.470. The Hall–Kier alpha value is -2.30. The monoisotopic (exact) mass is 261 g/mol. The Morgan fingerprint density at radius 2 is 2.00 bits per heavy atom. The van der Waals surface area contributed by atoms with Gasteiger partial charge in [-0.25, -0.2) is 0 Å². The zero-order chi connectivity index (χ0) is 14.0. The molecule has 0 spiro atoms. The molecule has 1 aliphatic heterocycles. The van der Waals surface area contributed by atoms with Crippen LogP contribution in [0.15, 0.2) is 36.9 Å². The molecule has 1 fully saturated rings. The molecule has 0 unspecified atom stereocenters. The molecule has 19 heavy (non-hydrogen) atoms. The summed E-state index contributed by atoms with van der Waals surface area (Å²) >= 11 is 0. The molecule has 0 saturated carbocycles. The molecule has 1 amide bonds. The summed E-state index contributed by atoms with van der Waals surface area (Å²) in [7, 11) is 1.57. The van der Waals surface area contributed by atoms with Crippen LogP contribution < -0.4 is 9.64 Å². The fourth-order valence-electron chi connectivity index (χ4n) is 2.02. The van der Waals surface area contributed by atoms with Gasteiger partial charge in [-0.05, 0) is 24.3 Å². The number of carbonyl (C=O) groups excluding carboxylic acids is 2. The van der Waals surface area contributed by atoms with Crippen LogP contribution in [0.4, 0.5) is 5.69 Å². The highest BCUT2D eigenvalue weighted by Gasteiger charge is 2.48. The zero-order valence-corrected chi connectivity index (χ0v) is 10.8. The lowest BCUT2D eigenvalue weighted by atomic mass is 9.94. The molecule has 1 heterocycles. The van der Waals surface area contributed by atoms with E-state index in [1.807, 2.05) is 0 Å². The van der Waals surface area contributed by atoms with Crippen LogP contribution in [-0.2, 0) is 14.3 Å². The van der Waals surface area contributed by atoms with Crippen molar-refractivity contribution < 1.29 is 19.1 Å². The van der Waals surface area contributed by atoms with Gasteiger partial charge in [0.05, 0.1) is 7.11 Å². The predicted molar refractivity (Wildman–Crippen MR) is 69.7 cm³/mol. The van der Waals surface area contributed by atoms with Crippen molar-refractivity contribution >= 4 is 17.6 Å². The van der Waals surface area contributed by atoms with Crippen LogP contribution in [0.5, 0.6) is 5.75 Å². The number of ether oxygens (including phenoxy) is 2. The highest BCUT2D eigenvalue weighted by atomic mass is 16.6. The van der Waals surface area contributed by atoms with E-state index in [1.54, 1.807) is 31.4 Å². The number of amides is 1. The van der Waals surface area contributed by atoms with E-state index in [0.717, 1.165) is 0 Å². The molecule has 0 bridgehead atoms. The van der Waals surface area contributed by atoms with Crippen molar-refractivity contribution in [3.63, 3.8) is 0 Å². The maximum Gasteiger partial charge on any atom is 0.304 e. The van der Waals surface area contributed by atoms with Crippen molar-refractivity contribution in [1.82, 2.24) is 0 Å². The number of β-lactam (4-membered cyclic amide) rings is 1. The standard InChI is InChI=1S/C14H15NO4/c1-4-12-13(17)15(14(12)19-9(2)16)10-5-7-11(18-3)8-6-10/h4-8,12,14H,1H2,2-3H3/t12-,14+/m0/s1. The SMILES string of the molecule is C=C[C@H]1C(=O)N(c2ccc(OC)cc2)[C@@H]1OC(C)=O. The molecule has 1 aromatic rings. The summed E-state index contributed by atoms with van der Waals surface area (Å²) in [5.74, 6) is -0.346. The van der Waals surface area contributed by atoms with Crippen LogP contribution in [0.3, 0.4) is 0 Å². The van der Waals surface area contributed by atoms with Gasteiger partial charge in [-0.3, -0.25) is 14.5 Å². The second-order valence-electron chi connectivity index (χ2n) is 4.17. The molecular formula is C14H15NO4. The van der Waals surface area contributed by atoms with Crippen molar-refractivity contribution in [2.24, 2.45) is 5.92 Å². The molecule has 5 heteroatoms. The second-order valence-corrected chi connectivity index (χ2v) is 4.17. The third kappa shape index (κ3) is 2.31. The van der Waals surface area contributed by atoms with Gasteiger partial charge in [0, 0.05) is 12.6 Å². The van der Waals surface area contributed by atoms with Gasteiger partial charge < -0.3 is 9.47 Å². The first kappa shape index (κ1) is 13.1. The largest absolute Gasteiger partial charge is 0.497 e. The highest BCUT2D eigenvalue weighted by Crippen LogP contribution is 2.34. The van der Waals surface area contributed by atoms with E-state index in [2.05, 4.69) is 6.58 Å². The Kier molecular flexibility index (Phi) is 3.55. The maximum atomic E-state index is 12.0. The number of benzene rings is 1. The first-order valence-electron chi connectivity index (χ1n) is 5.85. The van der Waals surface area contributed by atoms with E-state index in [1.165, 1.54) is 17.9 Å². The number of nitrogens with zero attached hydrogens (tertiary/aromatic N) is 1. The average Bonchev–Trinajstić information content (AvgIpc) is 2.39. The summed E-state index contributed by atoms with van der Waals surface area (Å²) in [5, 5.41) is 0. The zero-order valence-electron chi connectivity index (χ0n) is 10.8. The van der Waals surface area contributed by atoms with E-state index in [-0.39, 0.29) is 5.91 Å². The van der Waals surface area contributed by atoms with E-state index in [9.17, 15) is 9.59 Å². The number of carbonyl (C=O) groups is 2. The molecule has 1 saturated heterocycles. The molecule has 2 rings (SSSR count). The third-order valence-corrected chi connectivity index (χ3v) is 2.98. The summed E-state index contributed by atoms with van der Waals surface area (Å²) in [5.41, 5.74) is 0.662. The van der Waals surface area contributed by atoms with Gasteiger partial charge in [-0.15, -0.1) is 6.58 Å². The summed E-state index contributed by atoms with van der Waals surface area (Å²) in [6.07, 6.45) is 0.881. The van der Waals surface area contributed by atoms with Crippen molar-refractivity contribution in [2.45, 2.75) is 13.2 Å². The Labute approximate surface area is 111 Å². The van der Waals surface area contributed by atoms with E-state index in [4.69, 9.17) is 9.47 Å². The number of anilines is 1. The van der Waals surface area contributed by atoms with Gasteiger partial charge in [0.1, 0.15) is 11.7 Å². The summed E-state index contributed by atoms with van der Waals surface area (Å²) < 4.78 is 10.2. The van der Waals surface area contributed by atoms with E-state index < -0.39 is 18.1 Å². The average molecular weight is 261 g/mol. The number of hydrogen-bond donors (Lipinski definition) is 0. The summed E-state index contributed by atoms with van der Waals surface area (Å²) in [6, 6.07) is 6.97. The van der Waals surface area contributed by atoms with Crippen LogP contribution >= 0.6 is 0 Å². The second kappa shape index (κ2) is 5.14. The molecule has 1 aromatic carbocycles. The number of methoxy groups -OCH3 is 1. The highest BCUT2D eigenvalue weighted by molar-refractivity contribution is 6.04. The molecule has 0 aliphatic carbocycles. The predicted octanol–water partition coefficient (Wildman–Crippen LogP) is 1.73. The summed E-state index contributed by atoms with van der Waals surface area (Å²) in [6.45, 7) is 4.90. The van der Waals surface area contributed by atoms with Crippen molar-refractivity contribution in [3.05, 3.63) is 36.9 Å². The molecular weight excluding hydrogens is 246 g/mol. The Morgan fingerprint density at radius 3 is 2.47 bits per heavy atom. The lowest BCUT2D eigenvalue weighted by Gasteiger charge is -2.44. The van der Waals surface area contributed by atoms with Crippen LogP contribution in [0, 0.1) is 5.92 Å². The Balaban J connectivity index is 2.23. The Morgan fingerprint density at radius 1 is 1.37 bits per heavy atom. The molecule has 1 aliphatic rings. The van der Waals surface area contributed by atoms with Crippen molar-refractivity contribution in [3.8, 4) is 5.75 Å². The van der Waals surface area contributed by atoms with Gasteiger partial charge in [0.2, 0.25) is 5.91 Å². The number of rotatable bonds is 4. The first-order chi connectivity index (χ1) is 9.08. The lowest BCUT2D eigenvalue weighted by molar-refractivity contribution is -0.158. The number of esters is 1. The third-order valence-electron chi connectivity index (χ3n) is 2.98. The maximum absolute atomic E-state index is 12.0. The minimum absolute atomic E-state index is 0.133. The minimum atomic E-state index is -0.615. The molecule has 5 nitrogen and oxygen atoms in total. The van der Waals surface area contributed by atoms with Crippen molar-refractivity contribution in [1.29, 1.82) is 0 Å². The van der Waals surface area contributed by atoms with Crippen LogP contribution in [0.2, 0.25) is 0 Å². The Bertz CT molecular complexity index is 509. The smallest absolute Gasteiger partial charge is 0.304 e. The van der Waals surface area contributed by atoms with Crippen molar-refractivity contribution in [2.75, 3.05) is 12.0 Å². The molecule has 100 valence electrons. The van der Waals surface area contributed by atoms with E-state index >= 15 is 0 Å². The normalized spacial score (nSPS) is 21.6. The summed E-state index contributed by atoms with van der Waals surface area (Å²) in [4.78, 5) is 24.5. The van der Waals surface area contributed by atoms with Gasteiger partial charge in [-0.2, -0.15) is 0 Å². The fraction of sp³-hybridized carbons (Fsp3) is 0.286. The van der Waals surface area contributed by atoms with Crippen LogP contribution in [0.25, 0.3) is 0 Å². The van der Waals surface area contributed by atoms with Crippen LogP contribution in [-0.4, -0.2) is 25.2 Å².